The summed E-state index contributed by atoms with van der Waals surface area (Å²) < 4.78 is 1.63. The van der Waals surface area contributed by atoms with E-state index in [1.54, 1.807) is 35.1 Å². The van der Waals surface area contributed by atoms with Gasteiger partial charge in [0.15, 0.2) is 5.82 Å². The molecule has 0 aliphatic rings. The Hall–Kier alpha value is -2.01. The van der Waals surface area contributed by atoms with E-state index in [2.05, 4.69) is 10.4 Å². The summed E-state index contributed by atoms with van der Waals surface area (Å²) in [5.74, 6) is -0.0137. The maximum atomic E-state index is 12.2. The van der Waals surface area contributed by atoms with Gasteiger partial charge in [0.05, 0.1) is 6.54 Å². The number of halogens is 3. The number of hydrogen-bond donors (Lipinski definition) is 1. The quantitative estimate of drug-likeness (QED) is 0.681. The van der Waals surface area contributed by atoms with Gasteiger partial charge < -0.3 is 5.32 Å². The van der Waals surface area contributed by atoms with Crippen LogP contribution in [-0.2, 0) is 6.54 Å². The molecule has 122 valence electrons. The minimum Gasteiger partial charge on any atom is -0.304 e. The third-order valence-corrected chi connectivity index (χ3v) is 4.24. The molecule has 0 spiro atoms. The Bertz CT molecular complexity index is 875. The highest BCUT2D eigenvalue weighted by Gasteiger charge is 2.13. The van der Waals surface area contributed by atoms with Crippen LogP contribution in [0, 0.1) is 0 Å². The summed E-state index contributed by atoms with van der Waals surface area (Å²) in [6.07, 6.45) is 1.64. The highest BCUT2D eigenvalue weighted by Crippen LogP contribution is 2.22. The summed E-state index contributed by atoms with van der Waals surface area (Å²) in [5.41, 5.74) is 1.38. The molecule has 0 aliphatic carbocycles. The molecule has 24 heavy (non-hydrogen) atoms. The molecule has 0 atom stereocenters. The van der Waals surface area contributed by atoms with Crippen LogP contribution in [0.1, 0.15) is 15.9 Å². The van der Waals surface area contributed by atoms with Gasteiger partial charge in [-0.25, -0.2) is 0 Å². The lowest BCUT2D eigenvalue weighted by atomic mass is 10.2. The van der Waals surface area contributed by atoms with Gasteiger partial charge in [0.2, 0.25) is 0 Å². The van der Waals surface area contributed by atoms with Crippen LogP contribution >= 0.6 is 34.8 Å². The predicted octanol–water partition coefficient (Wildman–Crippen LogP) is 5.14. The first kappa shape index (κ1) is 16.8. The van der Waals surface area contributed by atoms with Gasteiger partial charge in [-0.1, -0.05) is 53.0 Å². The summed E-state index contributed by atoms with van der Waals surface area (Å²) in [6.45, 7) is 0.455. The van der Waals surface area contributed by atoms with Crippen LogP contribution in [0.15, 0.2) is 54.7 Å². The summed E-state index contributed by atoms with van der Waals surface area (Å²) in [7, 11) is 0. The van der Waals surface area contributed by atoms with Gasteiger partial charge >= 0.3 is 0 Å². The number of anilines is 1. The molecule has 0 saturated heterocycles. The Morgan fingerprint density at radius 2 is 1.71 bits per heavy atom. The molecule has 0 saturated carbocycles. The second-order valence-corrected chi connectivity index (χ2v) is 6.33. The fourth-order valence-corrected chi connectivity index (χ4v) is 2.66. The van der Waals surface area contributed by atoms with Gasteiger partial charge in [-0.2, -0.15) is 5.10 Å². The first-order valence-electron chi connectivity index (χ1n) is 7.06. The number of carbonyl (C=O) groups is 1. The van der Waals surface area contributed by atoms with Crippen LogP contribution in [0.25, 0.3) is 0 Å². The molecular formula is C17H12Cl3N3O. The van der Waals surface area contributed by atoms with E-state index in [9.17, 15) is 4.79 Å². The fourth-order valence-electron chi connectivity index (χ4n) is 2.14. The van der Waals surface area contributed by atoms with Crippen LogP contribution in [0.5, 0.6) is 0 Å². The van der Waals surface area contributed by atoms with Gasteiger partial charge in [0.1, 0.15) is 5.02 Å². The number of amides is 1. The standard InChI is InChI=1S/C17H12Cl3N3O/c18-13-7-5-11(6-8-13)17(24)21-16-15(20)10-23(22-16)9-12-3-1-2-4-14(12)19/h1-8,10H,9H2,(H,21,22,24). The van der Waals surface area contributed by atoms with Crippen molar-refractivity contribution in [2.45, 2.75) is 6.54 Å². The van der Waals surface area contributed by atoms with Crippen molar-refractivity contribution in [2.75, 3.05) is 5.32 Å². The van der Waals surface area contributed by atoms with Crippen LogP contribution in [0.4, 0.5) is 5.82 Å². The van der Waals surface area contributed by atoms with Crippen molar-refractivity contribution in [3.05, 3.63) is 80.9 Å². The van der Waals surface area contributed by atoms with Gasteiger partial charge in [0.25, 0.3) is 5.91 Å². The number of carbonyl (C=O) groups excluding carboxylic acids is 1. The second kappa shape index (κ2) is 7.26. The number of rotatable bonds is 4. The third kappa shape index (κ3) is 3.90. The summed E-state index contributed by atoms with van der Waals surface area (Å²) in [5, 5.41) is 8.55. The Balaban J connectivity index is 1.75. The van der Waals surface area contributed by atoms with Gasteiger partial charge in [-0.05, 0) is 35.9 Å². The zero-order valence-corrected chi connectivity index (χ0v) is 14.6. The Kier molecular flexibility index (Phi) is 5.09. The van der Waals surface area contributed by atoms with Crippen LogP contribution in [-0.4, -0.2) is 15.7 Å². The molecule has 0 radical (unpaired) electrons. The van der Waals surface area contributed by atoms with Crippen molar-refractivity contribution in [3.8, 4) is 0 Å². The van der Waals surface area contributed by atoms with Crippen molar-refractivity contribution in [2.24, 2.45) is 0 Å². The monoisotopic (exact) mass is 379 g/mol. The number of nitrogens with one attached hydrogen (secondary N) is 1. The molecule has 1 N–H and O–H groups in total. The zero-order chi connectivity index (χ0) is 17.1. The highest BCUT2D eigenvalue weighted by molar-refractivity contribution is 6.33. The molecule has 0 unspecified atom stereocenters. The third-order valence-electron chi connectivity index (χ3n) is 3.35. The molecule has 0 fully saturated rings. The topological polar surface area (TPSA) is 46.9 Å². The molecular weight excluding hydrogens is 369 g/mol. The fraction of sp³-hybridized carbons (Fsp3) is 0.0588. The van der Waals surface area contributed by atoms with Gasteiger partial charge in [0, 0.05) is 21.8 Å². The minimum atomic E-state index is -0.309. The maximum Gasteiger partial charge on any atom is 0.256 e. The Morgan fingerprint density at radius 1 is 1.00 bits per heavy atom. The number of hydrogen-bond acceptors (Lipinski definition) is 2. The Labute approximate surface area is 154 Å². The van der Waals surface area contributed by atoms with Crippen molar-refractivity contribution in [1.29, 1.82) is 0 Å². The normalized spacial score (nSPS) is 10.6. The van der Waals surface area contributed by atoms with Crippen molar-refractivity contribution in [1.82, 2.24) is 9.78 Å². The molecule has 1 amide bonds. The van der Waals surface area contributed by atoms with E-state index in [-0.39, 0.29) is 5.91 Å². The van der Waals surface area contributed by atoms with E-state index in [0.29, 0.717) is 33.0 Å². The van der Waals surface area contributed by atoms with Crippen LogP contribution in [0.2, 0.25) is 15.1 Å². The zero-order valence-electron chi connectivity index (χ0n) is 12.3. The van der Waals surface area contributed by atoms with Crippen molar-refractivity contribution in [3.63, 3.8) is 0 Å². The SMILES string of the molecule is O=C(Nc1nn(Cc2ccccc2Cl)cc1Cl)c1ccc(Cl)cc1. The molecule has 0 aliphatic heterocycles. The Morgan fingerprint density at radius 3 is 2.42 bits per heavy atom. The lowest BCUT2D eigenvalue weighted by Crippen LogP contribution is -2.13. The van der Waals surface area contributed by atoms with E-state index in [4.69, 9.17) is 34.8 Å². The molecule has 4 nitrogen and oxygen atoms in total. The minimum absolute atomic E-state index is 0.295. The second-order valence-electron chi connectivity index (χ2n) is 5.08. The first-order chi connectivity index (χ1) is 11.5. The largest absolute Gasteiger partial charge is 0.304 e. The predicted molar refractivity (Wildman–Crippen MR) is 97.2 cm³/mol. The van der Waals surface area contributed by atoms with E-state index < -0.39 is 0 Å². The lowest BCUT2D eigenvalue weighted by molar-refractivity contribution is 0.102. The van der Waals surface area contributed by atoms with Crippen molar-refractivity contribution < 1.29 is 4.79 Å². The van der Waals surface area contributed by atoms with E-state index in [1.807, 2.05) is 24.3 Å². The molecule has 3 aromatic rings. The molecule has 7 heteroatoms. The summed E-state index contributed by atoms with van der Waals surface area (Å²) in [4.78, 5) is 12.2. The molecule has 2 aromatic carbocycles. The van der Waals surface area contributed by atoms with E-state index in [0.717, 1.165) is 5.56 Å². The number of benzene rings is 2. The molecule has 0 bridgehead atoms. The smallest absolute Gasteiger partial charge is 0.256 e. The number of nitrogens with zero attached hydrogens (tertiary/aromatic N) is 2. The lowest BCUT2D eigenvalue weighted by Gasteiger charge is -2.04. The van der Waals surface area contributed by atoms with Gasteiger partial charge in [-0.3, -0.25) is 9.48 Å². The molecule has 3 rings (SSSR count). The van der Waals surface area contributed by atoms with E-state index in [1.165, 1.54) is 0 Å². The van der Waals surface area contributed by atoms with Gasteiger partial charge in [-0.15, -0.1) is 0 Å². The average Bonchev–Trinajstić information content (AvgIpc) is 2.90. The summed E-state index contributed by atoms with van der Waals surface area (Å²) in [6, 6.07) is 14.0. The van der Waals surface area contributed by atoms with E-state index >= 15 is 0 Å². The highest BCUT2D eigenvalue weighted by atomic mass is 35.5. The molecule has 1 aromatic heterocycles. The average molecular weight is 381 g/mol. The maximum absolute atomic E-state index is 12.2. The summed E-state index contributed by atoms with van der Waals surface area (Å²) >= 11 is 18.1. The van der Waals surface area contributed by atoms with Crippen molar-refractivity contribution >= 4 is 46.5 Å². The number of aromatic nitrogens is 2. The van der Waals surface area contributed by atoms with Crippen LogP contribution in [0.3, 0.4) is 0 Å². The molecule has 1 heterocycles. The van der Waals surface area contributed by atoms with Crippen LogP contribution < -0.4 is 5.32 Å². The first-order valence-corrected chi connectivity index (χ1v) is 8.19.